The number of carboxylic acid groups (broad SMARTS) is 1. The smallest absolute Gasteiger partial charge is 0.310 e. The van der Waals surface area contributed by atoms with Gasteiger partial charge in [-0.2, -0.15) is 0 Å². The Balaban J connectivity index is 1.59. The number of carbonyl (C=O) groups is 1. The summed E-state index contributed by atoms with van der Waals surface area (Å²) in [5.41, 5.74) is 0.115. The highest BCUT2D eigenvalue weighted by Crippen LogP contribution is 2.45. The molecule has 3 aliphatic rings. The molecular weight excluding hydrogens is 262 g/mol. The van der Waals surface area contributed by atoms with Crippen molar-refractivity contribution in [3.8, 4) is 0 Å². The number of rotatable bonds is 3. The van der Waals surface area contributed by atoms with Gasteiger partial charge in [0.05, 0.1) is 5.41 Å². The van der Waals surface area contributed by atoms with Crippen molar-refractivity contribution in [2.24, 2.45) is 10.8 Å². The van der Waals surface area contributed by atoms with Gasteiger partial charge in [0.1, 0.15) is 0 Å². The maximum Gasteiger partial charge on any atom is 0.310 e. The summed E-state index contributed by atoms with van der Waals surface area (Å²) < 4.78 is 0. The lowest BCUT2D eigenvalue weighted by atomic mass is 9.71. The van der Waals surface area contributed by atoms with Gasteiger partial charge in [-0.3, -0.25) is 4.79 Å². The molecule has 1 saturated heterocycles. The van der Waals surface area contributed by atoms with Gasteiger partial charge in [-0.1, -0.05) is 51.4 Å². The lowest BCUT2D eigenvalue weighted by Gasteiger charge is -2.53. The molecule has 0 bridgehead atoms. The van der Waals surface area contributed by atoms with Crippen molar-refractivity contribution < 1.29 is 9.90 Å². The van der Waals surface area contributed by atoms with Gasteiger partial charge in [0.25, 0.3) is 0 Å². The third-order valence-electron chi connectivity index (χ3n) is 6.32. The Kier molecular flexibility index (Phi) is 4.58. The molecule has 0 aromatic rings. The molecule has 0 amide bonds. The van der Waals surface area contributed by atoms with E-state index in [2.05, 4.69) is 4.90 Å². The molecule has 0 atom stereocenters. The molecule has 1 aliphatic heterocycles. The average Bonchev–Trinajstić information content (AvgIpc) is 2.79. The minimum Gasteiger partial charge on any atom is -0.481 e. The van der Waals surface area contributed by atoms with Gasteiger partial charge in [0.2, 0.25) is 0 Å². The van der Waals surface area contributed by atoms with Crippen LogP contribution in [0.1, 0.15) is 77.0 Å². The third-order valence-corrected chi connectivity index (χ3v) is 6.32. The summed E-state index contributed by atoms with van der Waals surface area (Å²) in [5, 5.41) is 9.80. The number of hydrogen-bond donors (Lipinski definition) is 1. The van der Waals surface area contributed by atoms with E-state index in [1.54, 1.807) is 0 Å². The Labute approximate surface area is 129 Å². The highest BCUT2D eigenvalue weighted by atomic mass is 16.4. The molecule has 1 spiro atoms. The normalized spacial score (nSPS) is 29.3. The van der Waals surface area contributed by atoms with E-state index in [-0.39, 0.29) is 0 Å². The van der Waals surface area contributed by atoms with E-state index < -0.39 is 11.4 Å². The van der Waals surface area contributed by atoms with Crippen LogP contribution in [0.3, 0.4) is 0 Å². The van der Waals surface area contributed by atoms with Gasteiger partial charge in [0.15, 0.2) is 0 Å². The molecule has 1 heterocycles. The predicted molar refractivity (Wildman–Crippen MR) is 84.3 cm³/mol. The van der Waals surface area contributed by atoms with Crippen molar-refractivity contribution in [1.82, 2.24) is 4.90 Å². The van der Waals surface area contributed by atoms with Gasteiger partial charge in [0, 0.05) is 19.6 Å². The number of nitrogens with zero attached hydrogens (tertiary/aromatic N) is 1. The first-order chi connectivity index (χ1) is 10.1. The number of hydrogen-bond acceptors (Lipinski definition) is 2. The molecule has 1 N–H and O–H groups in total. The van der Waals surface area contributed by atoms with Crippen molar-refractivity contribution in [2.45, 2.75) is 77.0 Å². The molecule has 3 nitrogen and oxygen atoms in total. The lowest BCUT2D eigenvalue weighted by molar-refractivity contribution is -0.154. The van der Waals surface area contributed by atoms with Crippen molar-refractivity contribution >= 4 is 5.97 Å². The fourth-order valence-corrected chi connectivity index (χ4v) is 5.08. The first-order valence-corrected chi connectivity index (χ1v) is 9.10. The third kappa shape index (κ3) is 3.28. The fraction of sp³-hybridized carbons (Fsp3) is 0.944. The van der Waals surface area contributed by atoms with E-state index >= 15 is 0 Å². The Hall–Kier alpha value is -0.570. The number of carboxylic acids is 1. The lowest BCUT2D eigenvalue weighted by Crippen LogP contribution is -2.59. The molecule has 0 aromatic carbocycles. The highest BCUT2D eigenvalue weighted by molar-refractivity contribution is 5.75. The topological polar surface area (TPSA) is 40.5 Å². The van der Waals surface area contributed by atoms with Crippen LogP contribution in [0.2, 0.25) is 0 Å². The summed E-state index contributed by atoms with van der Waals surface area (Å²) in [4.78, 5) is 14.4. The minimum atomic E-state index is -0.536. The maximum absolute atomic E-state index is 11.9. The molecule has 0 radical (unpaired) electrons. The van der Waals surface area contributed by atoms with Crippen molar-refractivity contribution in [1.29, 1.82) is 0 Å². The van der Waals surface area contributed by atoms with E-state index in [4.69, 9.17) is 0 Å². The van der Waals surface area contributed by atoms with Gasteiger partial charge in [-0.25, -0.2) is 0 Å². The first kappa shape index (κ1) is 15.3. The van der Waals surface area contributed by atoms with Gasteiger partial charge >= 0.3 is 5.97 Å². The van der Waals surface area contributed by atoms with Crippen LogP contribution < -0.4 is 0 Å². The van der Waals surface area contributed by atoms with Crippen LogP contribution in [0.5, 0.6) is 0 Å². The summed E-state index contributed by atoms with van der Waals surface area (Å²) in [5.74, 6) is -0.536. The summed E-state index contributed by atoms with van der Waals surface area (Å²) in [7, 11) is 0. The Morgan fingerprint density at radius 3 is 1.76 bits per heavy atom. The molecule has 3 heteroatoms. The summed E-state index contributed by atoms with van der Waals surface area (Å²) in [6.07, 6.45) is 14.8. The quantitative estimate of drug-likeness (QED) is 0.797. The van der Waals surface area contributed by atoms with Crippen molar-refractivity contribution in [3.05, 3.63) is 0 Å². The average molecular weight is 293 g/mol. The number of likely N-dealkylation sites (tertiary alicyclic amines) is 1. The van der Waals surface area contributed by atoms with Crippen LogP contribution in [-0.4, -0.2) is 35.6 Å². The van der Waals surface area contributed by atoms with Gasteiger partial charge < -0.3 is 10.0 Å². The van der Waals surface area contributed by atoms with Crippen LogP contribution in [0, 0.1) is 10.8 Å². The molecule has 2 saturated carbocycles. The first-order valence-electron chi connectivity index (χ1n) is 9.10. The summed E-state index contributed by atoms with van der Waals surface area (Å²) in [6, 6.07) is 0. The van der Waals surface area contributed by atoms with E-state index in [0.717, 1.165) is 32.2 Å². The molecule has 120 valence electrons. The Morgan fingerprint density at radius 2 is 1.29 bits per heavy atom. The molecule has 0 aromatic heterocycles. The van der Waals surface area contributed by atoms with E-state index in [1.807, 2.05) is 0 Å². The highest BCUT2D eigenvalue weighted by Gasteiger charge is 2.47. The fourth-order valence-electron chi connectivity index (χ4n) is 5.08. The maximum atomic E-state index is 11.9. The largest absolute Gasteiger partial charge is 0.481 e. The zero-order valence-corrected chi connectivity index (χ0v) is 13.4. The second kappa shape index (κ2) is 6.28. The molecule has 21 heavy (non-hydrogen) atoms. The predicted octanol–water partition coefficient (Wildman–Crippen LogP) is 4.07. The second-order valence-corrected chi connectivity index (χ2v) is 8.06. The Bertz CT molecular complexity index is 355. The van der Waals surface area contributed by atoms with Gasteiger partial charge in [-0.15, -0.1) is 0 Å². The molecule has 3 fully saturated rings. The van der Waals surface area contributed by atoms with Gasteiger partial charge in [-0.05, 0) is 31.1 Å². The zero-order chi connectivity index (χ0) is 14.8. The summed E-state index contributed by atoms with van der Waals surface area (Å²) >= 11 is 0. The molecular formula is C18H31NO2. The SMILES string of the molecule is O=C(O)C1(CN2CC3(CCCCCC3)C2)CCCCCC1. The second-order valence-electron chi connectivity index (χ2n) is 8.06. The summed E-state index contributed by atoms with van der Waals surface area (Å²) in [6.45, 7) is 3.15. The Morgan fingerprint density at radius 1 is 0.810 bits per heavy atom. The van der Waals surface area contributed by atoms with Crippen LogP contribution in [0.25, 0.3) is 0 Å². The molecule has 2 aliphatic carbocycles. The molecule has 0 unspecified atom stereocenters. The van der Waals surface area contributed by atoms with Crippen molar-refractivity contribution in [3.63, 3.8) is 0 Å². The van der Waals surface area contributed by atoms with E-state index in [1.165, 1.54) is 64.5 Å². The standard InChI is InChI=1S/C18H31NO2/c20-16(21)18(11-7-3-4-8-12-18)15-19-13-17(14-19)9-5-1-2-6-10-17/h1-15H2,(H,20,21). The van der Waals surface area contributed by atoms with E-state index in [0.29, 0.717) is 5.41 Å². The van der Waals surface area contributed by atoms with Crippen LogP contribution in [-0.2, 0) is 4.79 Å². The molecule has 3 rings (SSSR count). The zero-order valence-electron chi connectivity index (χ0n) is 13.4. The monoisotopic (exact) mass is 293 g/mol. The van der Waals surface area contributed by atoms with Crippen LogP contribution >= 0.6 is 0 Å². The van der Waals surface area contributed by atoms with Crippen molar-refractivity contribution in [2.75, 3.05) is 19.6 Å². The van der Waals surface area contributed by atoms with E-state index in [9.17, 15) is 9.90 Å². The minimum absolute atomic E-state index is 0.442. The number of aliphatic carboxylic acids is 1. The van der Waals surface area contributed by atoms with Crippen LogP contribution in [0.4, 0.5) is 0 Å². The van der Waals surface area contributed by atoms with Crippen LogP contribution in [0.15, 0.2) is 0 Å².